The summed E-state index contributed by atoms with van der Waals surface area (Å²) >= 11 is 4.41. The number of allylic oxidation sites excluding steroid dienone is 4. The van der Waals surface area contributed by atoms with Gasteiger partial charge in [0, 0.05) is 10.5 Å². The Bertz CT molecular complexity index is 498. The third-order valence-corrected chi connectivity index (χ3v) is 9.79. The van der Waals surface area contributed by atoms with E-state index in [0.29, 0.717) is 5.41 Å². The average Bonchev–Trinajstić information content (AvgIpc) is 3.12. The third kappa shape index (κ3) is 2.27. The van der Waals surface area contributed by atoms with Crippen molar-refractivity contribution < 1.29 is 0 Å². The number of thioether (sulfide) groups is 2. The molecule has 22 heavy (non-hydrogen) atoms. The molecule has 0 aromatic rings. The largest absolute Gasteiger partial charge is 0.127 e. The predicted molar refractivity (Wildman–Crippen MR) is 101 cm³/mol. The van der Waals surface area contributed by atoms with E-state index >= 15 is 0 Å². The van der Waals surface area contributed by atoms with Crippen LogP contribution in [0, 0.1) is 35.0 Å². The van der Waals surface area contributed by atoms with Crippen LogP contribution in [0.5, 0.6) is 0 Å². The van der Waals surface area contributed by atoms with Crippen molar-refractivity contribution in [2.75, 3.05) is 0 Å². The van der Waals surface area contributed by atoms with E-state index in [1.807, 2.05) is 0 Å². The maximum atomic E-state index is 2.61. The van der Waals surface area contributed by atoms with Gasteiger partial charge in [0.2, 0.25) is 0 Å². The molecule has 0 N–H and O–H groups in total. The number of hydrogen-bond donors (Lipinski definition) is 0. The van der Waals surface area contributed by atoms with Crippen LogP contribution in [0.25, 0.3) is 0 Å². The predicted octanol–water partition coefficient (Wildman–Crippen LogP) is 6.35. The second-order valence-corrected chi connectivity index (χ2v) is 11.7. The minimum Gasteiger partial charge on any atom is -0.127 e. The minimum atomic E-state index is 0.490. The molecule has 4 rings (SSSR count). The van der Waals surface area contributed by atoms with Crippen LogP contribution in [-0.4, -0.2) is 10.5 Å². The molecule has 2 heterocycles. The molecule has 0 aromatic carbocycles. The molecule has 6 unspecified atom stereocenters. The van der Waals surface area contributed by atoms with Gasteiger partial charge in [0.1, 0.15) is 0 Å². The van der Waals surface area contributed by atoms with Gasteiger partial charge in [-0.15, -0.1) is 23.5 Å². The third-order valence-electron chi connectivity index (χ3n) is 7.02. The molecule has 2 fully saturated rings. The molecule has 2 saturated carbocycles. The molecule has 0 radical (unpaired) electrons. The van der Waals surface area contributed by atoms with Crippen molar-refractivity contribution in [1.82, 2.24) is 0 Å². The van der Waals surface area contributed by atoms with E-state index in [0.717, 1.165) is 40.1 Å². The highest BCUT2D eigenvalue weighted by Gasteiger charge is 2.59. The molecule has 2 aliphatic carbocycles. The van der Waals surface area contributed by atoms with Crippen LogP contribution < -0.4 is 0 Å². The molecule has 0 spiro atoms. The Morgan fingerprint density at radius 3 is 1.95 bits per heavy atom. The van der Waals surface area contributed by atoms with Gasteiger partial charge in [-0.1, -0.05) is 39.3 Å². The first-order valence-corrected chi connectivity index (χ1v) is 10.8. The highest BCUT2D eigenvalue weighted by molar-refractivity contribution is 8.05. The summed E-state index contributed by atoms with van der Waals surface area (Å²) in [7, 11) is 0. The van der Waals surface area contributed by atoms with Crippen LogP contribution in [0.2, 0.25) is 0 Å². The van der Waals surface area contributed by atoms with Gasteiger partial charge in [-0.05, 0) is 71.5 Å². The molecule has 4 aliphatic rings. The quantitative estimate of drug-likeness (QED) is 0.577. The van der Waals surface area contributed by atoms with Crippen LogP contribution in [-0.2, 0) is 0 Å². The topological polar surface area (TPSA) is 0 Å². The lowest BCUT2D eigenvalue weighted by Crippen LogP contribution is -2.40. The number of rotatable bonds is 2. The van der Waals surface area contributed by atoms with Gasteiger partial charge >= 0.3 is 0 Å². The van der Waals surface area contributed by atoms with E-state index in [2.05, 4.69) is 70.3 Å². The van der Waals surface area contributed by atoms with E-state index in [-0.39, 0.29) is 0 Å². The van der Waals surface area contributed by atoms with E-state index in [4.69, 9.17) is 0 Å². The smallest absolute Gasteiger partial charge is 0.0204 e. The van der Waals surface area contributed by atoms with Crippen LogP contribution >= 0.6 is 23.5 Å². The monoisotopic (exact) mass is 334 g/mol. The fourth-order valence-corrected chi connectivity index (χ4v) is 9.47. The van der Waals surface area contributed by atoms with E-state index in [9.17, 15) is 0 Å². The molecule has 0 saturated heterocycles. The molecule has 0 bridgehead atoms. The van der Waals surface area contributed by atoms with Crippen molar-refractivity contribution in [2.45, 2.75) is 64.4 Å². The van der Waals surface area contributed by atoms with Crippen molar-refractivity contribution in [1.29, 1.82) is 0 Å². The standard InChI is InChI=1S/C20H30S2/c1-11-6-7-14(8-11)20(4,5)17-18-15(9-12(2)21-18)16-10-13(3)22-19(16)17/h9-11,14-19H,6-8H2,1-5H3. The zero-order valence-corrected chi connectivity index (χ0v) is 16.3. The average molecular weight is 335 g/mol. The first kappa shape index (κ1) is 15.7. The summed E-state index contributed by atoms with van der Waals surface area (Å²) in [6, 6.07) is 0. The highest BCUT2D eigenvalue weighted by atomic mass is 32.2. The van der Waals surface area contributed by atoms with Crippen molar-refractivity contribution in [2.24, 2.45) is 35.0 Å². The molecule has 122 valence electrons. The molecule has 0 amide bonds. The Balaban J connectivity index is 1.66. The number of hydrogen-bond acceptors (Lipinski definition) is 2. The molecule has 6 atom stereocenters. The summed E-state index contributed by atoms with van der Waals surface area (Å²) in [5.74, 6) is 4.38. The van der Waals surface area contributed by atoms with Gasteiger partial charge in [0.15, 0.2) is 0 Å². The zero-order chi connectivity index (χ0) is 15.6. The lowest BCUT2D eigenvalue weighted by atomic mass is 9.67. The van der Waals surface area contributed by atoms with E-state index in [1.165, 1.54) is 19.3 Å². The Kier molecular flexibility index (Phi) is 3.81. The summed E-state index contributed by atoms with van der Waals surface area (Å²) < 4.78 is 0. The van der Waals surface area contributed by atoms with Crippen LogP contribution in [0.15, 0.2) is 22.0 Å². The van der Waals surface area contributed by atoms with Gasteiger partial charge in [-0.25, -0.2) is 0 Å². The van der Waals surface area contributed by atoms with Gasteiger partial charge in [0.05, 0.1) is 0 Å². The maximum absolute atomic E-state index is 2.61. The van der Waals surface area contributed by atoms with Gasteiger partial charge in [0.25, 0.3) is 0 Å². The first-order chi connectivity index (χ1) is 10.4. The highest BCUT2D eigenvalue weighted by Crippen LogP contribution is 2.65. The SMILES string of the molecule is CC1=CC2C3C=C(C)SC3C(C(C)(C)C3CCC(C)C3)C2S1. The fourth-order valence-electron chi connectivity index (χ4n) is 5.87. The number of fused-ring (bicyclic) bond motifs is 3. The molecule has 0 aromatic heterocycles. The Labute approximate surface area is 145 Å². The summed E-state index contributed by atoms with van der Waals surface area (Å²) in [5, 5.41) is 1.69. The van der Waals surface area contributed by atoms with Crippen molar-refractivity contribution in [3.05, 3.63) is 22.0 Å². The van der Waals surface area contributed by atoms with Crippen LogP contribution in [0.3, 0.4) is 0 Å². The van der Waals surface area contributed by atoms with Gasteiger partial charge in [-0.2, -0.15) is 0 Å². The summed E-state index contributed by atoms with van der Waals surface area (Å²) in [6.07, 6.45) is 9.60. The normalized spacial score (nSPS) is 47.4. The lowest BCUT2D eigenvalue weighted by Gasteiger charge is -2.43. The van der Waals surface area contributed by atoms with E-state index in [1.54, 1.807) is 9.81 Å². The van der Waals surface area contributed by atoms with Gasteiger partial charge < -0.3 is 0 Å². The van der Waals surface area contributed by atoms with Crippen molar-refractivity contribution in [3.63, 3.8) is 0 Å². The van der Waals surface area contributed by atoms with Crippen LogP contribution in [0.4, 0.5) is 0 Å². The zero-order valence-electron chi connectivity index (χ0n) is 14.6. The second kappa shape index (κ2) is 5.34. The summed E-state index contributed by atoms with van der Waals surface area (Å²) in [4.78, 5) is 3.16. The lowest BCUT2D eigenvalue weighted by molar-refractivity contribution is 0.122. The molecule has 2 aliphatic heterocycles. The van der Waals surface area contributed by atoms with Crippen molar-refractivity contribution in [3.8, 4) is 0 Å². The Morgan fingerprint density at radius 1 is 0.955 bits per heavy atom. The second-order valence-electron chi connectivity index (χ2n) is 8.84. The maximum Gasteiger partial charge on any atom is 0.0204 e. The fraction of sp³-hybridized carbons (Fsp3) is 0.800. The Morgan fingerprint density at radius 2 is 1.50 bits per heavy atom. The molecule has 0 nitrogen and oxygen atoms in total. The minimum absolute atomic E-state index is 0.490. The van der Waals surface area contributed by atoms with E-state index < -0.39 is 0 Å². The summed E-state index contributed by atoms with van der Waals surface area (Å²) in [5.41, 5.74) is 0.490. The molecular weight excluding hydrogens is 304 g/mol. The molecule has 2 heteroatoms. The van der Waals surface area contributed by atoms with Gasteiger partial charge in [-0.3, -0.25) is 0 Å². The molecular formula is C20H30S2. The van der Waals surface area contributed by atoms with Crippen LogP contribution in [0.1, 0.15) is 53.9 Å². The Hall–Kier alpha value is 0.180. The van der Waals surface area contributed by atoms with Crippen molar-refractivity contribution >= 4 is 23.5 Å². The first-order valence-electron chi connectivity index (χ1n) is 9.08. The summed E-state index contributed by atoms with van der Waals surface area (Å²) in [6.45, 7) is 12.4.